The summed E-state index contributed by atoms with van der Waals surface area (Å²) in [4.78, 5) is 27.9. The number of hydrogen-bond donors (Lipinski definition) is 3. The molecule has 0 heterocycles. The number of carbonyl (C=O) groups is 2. The second-order valence-electron chi connectivity index (χ2n) is 9.99. The molecule has 7 nitrogen and oxygen atoms in total. The standard InChI is InChI=1S/C27H39N3O4/c1-20(2)19-28-23(29-25(32)30(6)22-15-11-8-12-16-22)27(33,24(31)34-26(3,4)5)18-17-21-13-9-7-10-14-21/h7-16,20,23,28,33H,17-19H2,1-6H3,(H,29,32)/t23?,27-/m1/s1. The summed E-state index contributed by atoms with van der Waals surface area (Å²) < 4.78 is 5.61. The number of aliphatic hydroxyl groups is 1. The molecule has 2 atom stereocenters. The van der Waals surface area contributed by atoms with Crippen LogP contribution < -0.4 is 15.5 Å². The van der Waals surface area contributed by atoms with Crippen LogP contribution in [0.1, 0.15) is 46.6 Å². The number of rotatable bonds is 10. The Hall–Kier alpha value is -2.90. The van der Waals surface area contributed by atoms with Gasteiger partial charge in [-0.15, -0.1) is 0 Å². The van der Waals surface area contributed by atoms with E-state index in [-0.39, 0.29) is 12.3 Å². The number of ether oxygens (including phenoxy) is 1. The van der Waals surface area contributed by atoms with Gasteiger partial charge in [0.15, 0.2) is 5.60 Å². The van der Waals surface area contributed by atoms with Crippen LogP contribution in [-0.4, -0.2) is 48.1 Å². The smallest absolute Gasteiger partial charge is 0.342 e. The Bertz CT molecular complexity index is 912. The maximum absolute atomic E-state index is 13.3. The molecule has 0 spiro atoms. The SMILES string of the molecule is CC(C)CNC(NC(=O)N(C)c1ccccc1)[C@](O)(CCc1ccccc1)C(=O)OC(C)(C)C. The summed E-state index contributed by atoms with van der Waals surface area (Å²) >= 11 is 0. The number of esters is 1. The minimum absolute atomic E-state index is 0.0665. The average molecular weight is 470 g/mol. The fourth-order valence-corrected chi connectivity index (χ4v) is 3.39. The Labute approximate surface area is 203 Å². The molecule has 0 saturated heterocycles. The second-order valence-corrected chi connectivity index (χ2v) is 9.99. The van der Waals surface area contributed by atoms with E-state index >= 15 is 0 Å². The Morgan fingerprint density at radius 1 is 1.00 bits per heavy atom. The summed E-state index contributed by atoms with van der Waals surface area (Å²) in [5.41, 5.74) is -1.14. The summed E-state index contributed by atoms with van der Waals surface area (Å²) in [6, 6.07) is 18.3. The third-order valence-corrected chi connectivity index (χ3v) is 5.31. The lowest BCUT2D eigenvalue weighted by molar-refractivity contribution is -0.182. The number of hydrogen-bond acceptors (Lipinski definition) is 5. The van der Waals surface area contributed by atoms with E-state index < -0.39 is 29.4 Å². The molecule has 34 heavy (non-hydrogen) atoms. The van der Waals surface area contributed by atoms with Gasteiger partial charge in [0.05, 0.1) is 0 Å². The van der Waals surface area contributed by atoms with Crippen LogP contribution in [0.25, 0.3) is 0 Å². The van der Waals surface area contributed by atoms with Gasteiger partial charge in [-0.2, -0.15) is 0 Å². The van der Waals surface area contributed by atoms with Crippen LogP contribution in [0, 0.1) is 5.92 Å². The zero-order valence-electron chi connectivity index (χ0n) is 21.2. The number of para-hydroxylation sites is 1. The minimum atomic E-state index is -1.99. The number of nitrogens with zero attached hydrogens (tertiary/aromatic N) is 1. The lowest BCUT2D eigenvalue weighted by Gasteiger charge is -2.38. The van der Waals surface area contributed by atoms with Gasteiger partial charge in [0.25, 0.3) is 0 Å². The van der Waals surface area contributed by atoms with Crippen LogP contribution >= 0.6 is 0 Å². The topological polar surface area (TPSA) is 90.9 Å². The van der Waals surface area contributed by atoms with Crippen LogP contribution in [-0.2, 0) is 16.0 Å². The Balaban J connectivity index is 2.35. The van der Waals surface area contributed by atoms with E-state index in [9.17, 15) is 14.7 Å². The highest BCUT2D eigenvalue weighted by atomic mass is 16.6. The van der Waals surface area contributed by atoms with Gasteiger partial charge in [-0.3, -0.25) is 10.2 Å². The zero-order chi connectivity index (χ0) is 25.4. The van der Waals surface area contributed by atoms with Gasteiger partial charge in [0.1, 0.15) is 11.8 Å². The first-order chi connectivity index (χ1) is 15.9. The first kappa shape index (κ1) is 27.3. The van der Waals surface area contributed by atoms with Crippen molar-refractivity contribution in [3.63, 3.8) is 0 Å². The lowest BCUT2D eigenvalue weighted by atomic mass is 9.90. The largest absolute Gasteiger partial charge is 0.458 e. The van der Waals surface area contributed by atoms with Crippen molar-refractivity contribution in [2.75, 3.05) is 18.5 Å². The first-order valence-electron chi connectivity index (χ1n) is 11.7. The second kappa shape index (κ2) is 12.0. The van der Waals surface area contributed by atoms with E-state index in [1.807, 2.05) is 74.5 Å². The van der Waals surface area contributed by atoms with Crippen LogP contribution in [0.2, 0.25) is 0 Å². The summed E-state index contributed by atoms with van der Waals surface area (Å²) in [6.07, 6.45) is -0.565. The highest BCUT2D eigenvalue weighted by Crippen LogP contribution is 2.24. The molecule has 1 unspecified atom stereocenters. The van der Waals surface area contributed by atoms with Gasteiger partial charge >= 0.3 is 12.0 Å². The number of anilines is 1. The number of benzene rings is 2. The molecule has 0 bridgehead atoms. The van der Waals surface area contributed by atoms with Crippen molar-refractivity contribution in [3.8, 4) is 0 Å². The molecule has 0 aromatic heterocycles. The van der Waals surface area contributed by atoms with Crippen LogP contribution in [0.4, 0.5) is 10.5 Å². The van der Waals surface area contributed by atoms with Crippen LogP contribution in [0.5, 0.6) is 0 Å². The Kier molecular flexibility index (Phi) is 9.65. The third kappa shape index (κ3) is 8.15. The van der Waals surface area contributed by atoms with Gasteiger partial charge in [-0.1, -0.05) is 62.4 Å². The number of amides is 2. The quantitative estimate of drug-likeness (QED) is 0.360. The Morgan fingerprint density at radius 2 is 1.56 bits per heavy atom. The number of urea groups is 1. The number of aryl methyl sites for hydroxylation is 1. The minimum Gasteiger partial charge on any atom is -0.458 e. The van der Waals surface area contributed by atoms with Crippen molar-refractivity contribution >= 4 is 17.7 Å². The van der Waals surface area contributed by atoms with Gasteiger partial charge in [0.2, 0.25) is 0 Å². The molecule has 2 amide bonds. The van der Waals surface area contributed by atoms with Crippen molar-refractivity contribution < 1.29 is 19.4 Å². The van der Waals surface area contributed by atoms with E-state index in [2.05, 4.69) is 10.6 Å². The molecule has 2 aromatic rings. The van der Waals surface area contributed by atoms with E-state index in [0.29, 0.717) is 18.7 Å². The molecular formula is C27H39N3O4. The van der Waals surface area contributed by atoms with Gasteiger partial charge in [0, 0.05) is 12.7 Å². The van der Waals surface area contributed by atoms with Gasteiger partial charge in [-0.05, 0) is 63.8 Å². The zero-order valence-corrected chi connectivity index (χ0v) is 21.2. The molecule has 0 aliphatic carbocycles. The fraction of sp³-hybridized carbons (Fsp3) is 0.481. The lowest BCUT2D eigenvalue weighted by Crippen LogP contribution is -2.66. The summed E-state index contributed by atoms with van der Waals surface area (Å²) in [5, 5.41) is 17.8. The van der Waals surface area contributed by atoms with Gasteiger partial charge in [-0.25, -0.2) is 9.59 Å². The highest BCUT2D eigenvalue weighted by molar-refractivity contribution is 5.92. The van der Waals surface area contributed by atoms with Crippen molar-refractivity contribution in [3.05, 3.63) is 66.2 Å². The van der Waals surface area contributed by atoms with E-state index in [1.165, 1.54) is 4.90 Å². The van der Waals surface area contributed by atoms with Crippen molar-refractivity contribution in [2.45, 2.75) is 64.8 Å². The molecule has 0 aliphatic rings. The fourth-order valence-electron chi connectivity index (χ4n) is 3.39. The summed E-state index contributed by atoms with van der Waals surface area (Å²) in [5.74, 6) is -0.553. The molecule has 0 aliphatic heterocycles. The third-order valence-electron chi connectivity index (χ3n) is 5.31. The maximum Gasteiger partial charge on any atom is 0.342 e. The highest BCUT2D eigenvalue weighted by Gasteiger charge is 2.47. The summed E-state index contributed by atoms with van der Waals surface area (Å²) in [7, 11) is 1.64. The van der Waals surface area contributed by atoms with E-state index in [0.717, 1.165) is 5.56 Å². The molecule has 0 fully saturated rings. The molecule has 7 heteroatoms. The molecule has 0 radical (unpaired) electrons. The van der Waals surface area contributed by atoms with Gasteiger partial charge < -0.3 is 15.2 Å². The van der Waals surface area contributed by atoms with Crippen LogP contribution in [0.3, 0.4) is 0 Å². The first-order valence-corrected chi connectivity index (χ1v) is 11.7. The number of nitrogens with one attached hydrogen (secondary N) is 2. The van der Waals surface area contributed by atoms with Crippen molar-refractivity contribution in [1.29, 1.82) is 0 Å². The maximum atomic E-state index is 13.3. The Morgan fingerprint density at radius 3 is 2.09 bits per heavy atom. The normalized spacial score (nSPS) is 14.2. The van der Waals surface area contributed by atoms with E-state index in [4.69, 9.17) is 4.74 Å². The average Bonchev–Trinajstić information content (AvgIpc) is 2.79. The molecule has 2 rings (SSSR count). The van der Waals surface area contributed by atoms with Crippen molar-refractivity contribution in [1.82, 2.24) is 10.6 Å². The predicted molar refractivity (Wildman–Crippen MR) is 136 cm³/mol. The van der Waals surface area contributed by atoms with E-state index in [1.54, 1.807) is 27.8 Å². The van der Waals surface area contributed by atoms with Crippen LogP contribution in [0.15, 0.2) is 60.7 Å². The molecule has 2 aromatic carbocycles. The number of carbonyl (C=O) groups excluding carboxylic acids is 2. The monoisotopic (exact) mass is 469 g/mol. The molecular weight excluding hydrogens is 430 g/mol. The summed E-state index contributed by atoms with van der Waals surface area (Å²) in [6.45, 7) is 9.76. The molecule has 0 saturated carbocycles. The molecule has 186 valence electrons. The predicted octanol–water partition coefficient (Wildman–Crippen LogP) is 4.11. The van der Waals surface area contributed by atoms with Crippen molar-refractivity contribution in [2.24, 2.45) is 5.92 Å². The molecule has 3 N–H and O–H groups in total.